The van der Waals surface area contributed by atoms with Gasteiger partial charge in [-0.15, -0.1) is 0 Å². The van der Waals surface area contributed by atoms with E-state index in [4.69, 9.17) is 9.97 Å². The molecule has 0 radical (unpaired) electrons. The lowest BCUT2D eigenvalue weighted by Gasteiger charge is -2.22. The maximum Gasteiger partial charge on any atom is 0.161 e. The zero-order valence-corrected chi connectivity index (χ0v) is 35.2. The van der Waals surface area contributed by atoms with Gasteiger partial charge in [0.2, 0.25) is 0 Å². The Kier molecular flexibility index (Phi) is 8.55. The molecule has 0 N–H and O–H groups in total. The Labute approximate surface area is 367 Å². The Bertz CT molecular complexity index is 3580. The maximum atomic E-state index is 5.34. The molecule has 10 aromatic carbocycles. The Hall–Kier alpha value is -7.94. The molecule has 12 rings (SSSR count). The first-order valence-electron chi connectivity index (χ1n) is 21.8. The number of aromatic nitrogens is 2. The molecule has 1 aliphatic carbocycles. The molecule has 2 heteroatoms. The fourth-order valence-corrected chi connectivity index (χ4v) is 10.2. The predicted molar refractivity (Wildman–Crippen MR) is 265 cm³/mol. The number of hydrogen-bond acceptors (Lipinski definition) is 2. The van der Waals surface area contributed by atoms with Gasteiger partial charge in [0.25, 0.3) is 0 Å². The highest BCUT2D eigenvalue weighted by Crippen LogP contribution is 2.52. The Morgan fingerprint density at radius 1 is 0.302 bits per heavy atom. The van der Waals surface area contributed by atoms with Crippen molar-refractivity contribution in [2.45, 2.75) is 19.3 Å². The zero-order chi connectivity index (χ0) is 42.1. The minimum Gasteiger partial charge on any atom is -0.228 e. The normalized spacial score (nSPS) is 12.7. The summed E-state index contributed by atoms with van der Waals surface area (Å²) in [4.78, 5) is 10.6. The van der Waals surface area contributed by atoms with Crippen LogP contribution in [0.3, 0.4) is 0 Å². The number of rotatable bonds is 6. The molecule has 1 aliphatic rings. The van der Waals surface area contributed by atoms with E-state index in [0.717, 1.165) is 44.4 Å². The maximum absolute atomic E-state index is 5.34. The molecule has 2 nitrogen and oxygen atoms in total. The largest absolute Gasteiger partial charge is 0.228 e. The second kappa shape index (κ2) is 14.6. The Balaban J connectivity index is 0.996. The van der Waals surface area contributed by atoms with Crippen LogP contribution in [-0.2, 0) is 5.41 Å². The summed E-state index contributed by atoms with van der Waals surface area (Å²) in [5.74, 6) is 0.702. The van der Waals surface area contributed by atoms with E-state index in [-0.39, 0.29) is 5.41 Å². The monoisotopic (exact) mass is 802 g/mol. The molecule has 11 aromatic rings. The summed E-state index contributed by atoms with van der Waals surface area (Å²) in [6.07, 6.45) is 0. The first-order valence-corrected chi connectivity index (χ1v) is 21.8. The molecule has 63 heavy (non-hydrogen) atoms. The molecule has 0 aliphatic heterocycles. The van der Waals surface area contributed by atoms with Crippen molar-refractivity contribution in [3.63, 3.8) is 0 Å². The van der Waals surface area contributed by atoms with E-state index in [1.165, 1.54) is 71.6 Å². The van der Waals surface area contributed by atoms with E-state index in [0.29, 0.717) is 5.82 Å². The smallest absolute Gasteiger partial charge is 0.161 e. The van der Waals surface area contributed by atoms with E-state index < -0.39 is 0 Å². The van der Waals surface area contributed by atoms with Crippen LogP contribution in [0.4, 0.5) is 0 Å². The van der Waals surface area contributed by atoms with Gasteiger partial charge < -0.3 is 0 Å². The average Bonchev–Trinajstić information content (AvgIpc) is 3.59. The summed E-state index contributed by atoms with van der Waals surface area (Å²) < 4.78 is 0. The van der Waals surface area contributed by atoms with E-state index in [1.54, 1.807) is 0 Å². The summed E-state index contributed by atoms with van der Waals surface area (Å²) in [7, 11) is 0. The number of hydrogen-bond donors (Lipinski definition) is 0. The van der Waals surface area contributed by atoms with Crippen molar-refractivity contribution >= 4 is 32.3 Å². The summed E-state index contributed by atoms with van der Waals surface area (Å²) in [5, 5.41) is 7.34. The second-order valence-corrected chi connectivity index (χ2v) is 17.3. The fourth-order valence-electron chi connectivity index (χ4n) is 10.2. The average molecular weight is 803 g/mol. The van der Waals surface area contributed by atoms with Crippen LogP contribution in [0.1, 0.15) is 25.0 Å². The van der Waals surface area contributed by atoms with Gasteiger partial charge in [-0.3, -0.25) is 0 Å². The molecule has 0 saturated heterocycles. The lowest BCUT2D eigenvalue weighted by molar-refractivity contribution is 0.661. The molecule has 0 fully saturated rings. The fraction of sp³-hybridized carbons (Fsp3) is 0.0492. The first-order chi connectivity index (χ1) is 31.0. The molecular formula is C61H42N2. The summed E-state index contributed by atoms with van der Waals surface area (Å²) in [5.41, 5.74) is 17.5. The van der Waals surface area contributed by atoms with Crippen molar-refractivity contribution in [2.75, 3.05) is 0 Å². The van der Waals surface area contributed by atoms with E-state index in [1.807, 2.05) is 6.07 Å². The lowest BCUT2D eigenvalue weighted by atomic mass is 9.81. The van der Waals surface area contributed by atoms with Crippen molar-refractivity contribution in [2.24, 2.45) is 0 Å². The van der Waals surface area contributed by atoms with Crippen LogP contribution in [0, 0.1) is 0 Å². The molecular weight excluding hydrogens is 761 g/mol. The van der Waals surface area contributed by atoms with Gasteiger partial charge in [-0.1, -0.05) is 208 Å². The molecule has 1 heterocycles. The van der Waals surface area contributed by atoms with Gasteiger partial charge in [-0.2, -0.15) is 0 Å². The van der Waals surface area contributed by atoms with Crippen molar-refractivity contribution in [1.29, 1.82) is 0 Å². The highest BCUT2D eigenvalue weighted by Gasteiger charge is 2.36. The van der Waals surface area contributed by atoms with Gasteiger partial charge in [-0.25, -0.2) is 9.97 Å². The van der Waals surface area contributed by atoms with Crippen molar-refractivity contribution in [1.82, 2.24) is 9.97 Å². The van der Waals surface area contributed by atoms with Crippen LogP contribution in [0.25, 0.3) is 111 Å². The van der Waals surface area contributed by atoms with Gasteiger partial charge in [0, 0.05) is 22.1 Å². The van der Waals surface area contributed by atoms with Crippen molar-refractivity contribution in [3.8, 4) is 78.4 Å². The Morgan fingerprint density at radius 2 is 0.810 bits per heavy atom. The number of nitrogens with zero attached hydrogens (tertiary/aromatic N) is 2. The number of benzene rings is 10. The first kappa shape index (κ1) is 36.9. The van der Waals surface area contributed by atoms with Gasteiger partial charge >= 0.3 is 0 Å². The molecule has 0 amide bonds. The third kappa shape index (κ3) is 6.09. The van der Waals surface area contributed by atoms with Crippen LogP contribution < -0.4 is 0 Å². The highest BCUT2D eigenvalue weighted by atomic mass is 14.9. The summed E-state index contributed by atoms with van der Waals surface area (Å²) in [6, 6.07) is 79.0. The second-order valence-electron chi connectivity index (χ2n) is 17.3. The van der Waals surface area contributed by atoms with Crippen LogP contribution >= 0.6 is 0 Å². The quantitative estimate of drug-likeness (QED) is 0.167. The molecule has 0 spiro atoms. The molecule has 296 valence electrons. The third-order valence-corrected chi connectivity index (χ3v) is 13.3. The summed E-state index contributed by atoms with van der Waals surface area (Å²) in [6.45, 7) is 4.73. The van der Waals surface area contributed by atoms with E-state index in [2.05, 4.69) is 226 Å². The minimum atomic E-state index is -0.0741. The molecule has 0 saturated carbocycles. The molecule has 0 bridgehead atoms. The summed E-state index contributed by atoms with van der Waals surface area (Å²) >= 11 is 0. The van der Waals surface area contributed by atoms with Crippen LogP contribution in [0.15, 0.2) is 218 Å². The van der Waals surface area contributed by atoms with Crippen LogP contribution in [0.5, 0.6) is 0 Å². The Morgan fingerprint density at radius 3 is 1.51 bits per heavy atom. The minimum absolute atomic E-state index is 0.0741. The predicted octanol–water partition coefficient (Wildman–Crippen LogP) is 16.2. The standard InChI is InChI=1S/C61H42N2/c1-61(2)55-34-29-43(37-54(55)59-46-23-10-9-18-40(46)28-35-56(59)61)45-30-31-51(48-25-12-11-24-47(45)48)52-32-33-53(50-27-14-13-26-49(50)52)60-62-57(41-19-7-4-8-20-41)38-58(63-60)44-22-15-21-42(36-44)39-16-5-3-6-17-39/h3-38H,1-2H3. The van der Waals surface area contributed by atoms with Crippen molar-refractivity contribution in [3.05, 3.63) is 230 Å². The molecule has 1 aromatic heterocycles. The lowest BCUT2D eigenvalue weighted by Crippen LogP contribution is -2.14. The van der Waals surface area contributed by atoms with Crippen molar-refractivity contribution < 1.29 is 0 Å². The van der Waals surface area contributed by atoms with Gasteiger partial charge in [0.05, 0.1) is 11.4 Å². The van der Waals surface area contributed by atoms with Crippen LogP contribution in [-0.4, -0.2) is 9.97 Å². The van der Waals surface area contributed by atoms with E-state index >= 15 is 0 Å². The number of fused-ring (bicyclic) bond motifs is 7. The zero-order valence-electron chi connectivity index (χ0n) is 35.2. The SMILES string of the molecule is CC1(C)c2ccc(-c3ccc(-c4ccc(-c5nc(-c6ccccc6)cc(-c6cccc(-c7ccccc7)c6)n5)c5ccccc45)c4ccccc34)cc2-c2c1ccc1ccccc21. The molecule has 0 atom stereocenters. The highest BCUT2D eigenvalue weighted by molar-refractivity contribution is 6.12. The molecule has 0 unspecified atom stereocenters. The van der Waals surface area contributed by atoms with Gasteiger partial charge in [0.1, 0.15) is 0 Å². The van der Waals surface area contributed by atoms with Gasteiger partial charge in [-0.05, 0) is 112 Å². The van der Waals surface area contributed by atoms with Gasteiger partial charge in [0.15, 0.2) is 5.82 Å². The van der Waals surface area contributed by atoms with E-state index in [9.17, 15) is 0 Å². The third-order valence-electron chi connectivity index (χ3n) is 13.3. The topological polar surface area (TPSA) is 25.8 Å². The van der Waals surface area contributed by atoms with Crippen LogP contribution in [0.2, 0.25) is 0 Å².